The van der Waals surface area contributed by atoms with Gasteiger partial charge >= 0.3 is 0 Å². The lowest BCUT2D eigenvalue weighted by atomic mass is 9.91. The first-order chi connectivity index (χ1) is 8.56. The van der Waals surface area contributed by atoms with E-state index in [1.54, 1.807) is 0 Å². The molecule has 2 fully saturated rings. The summed E-state index contributed by atoms with van der Waals surface area (Å²) in [6.45, 7) is 10.9. The highest BCUT2D eigenvalue weighted by atomic mass is 16.5. The Labute approximate surface area is 112 Å². The Morgan fingerprint density at radius 2 is 2.11 bits per heavy atom. The summed E-state index contributed by atoms with van der Waals surface area (Å²) in [6.07, 6.45) is 5.32. The van der Waals surface area contributed by atoms with Crippen molar-refractivity contribution in [2.24, 2.45) is 11.3 Å². The van der Waals surface area contributed by atoms with Gasteiger partial charge < -0.3 is 15.4 Å². The lowest BCUT2D eigenvalue weighted by Gasteiger charge is -2.33. The highest BCUT2D eigenvalue weighted by Crippen LogP contribution is 2.29. The molecule has 2 N–H and O–H groups in total. The van der Waals surface area contributed by atoms with Crippen molar-refractivity contribution in [1.82, 2.24) is 10.6 Å². The number of morpholine rings is 1. The van der Waals surface area contributed by atoms with Crippen LogP contribution in [0.1, 0.15) is 46.5 Å². The Hall–Kier alpha value is -0.120. The van der Waals surface area contributed by atoms with E-state index in [4.69, 9.17) is 4.74 Å². The molecule has 1 heterocycles. The summed E-state index contributed by atoms with van der Waals surface area (Å²) < 4.78 is 5.61. The summed E-state index contributed by atoms with van der Waals surface area (Å²) in [6, 6.07) is 1.28. The van der Waals surface area contributed by atoms with Gasteiger partial charge in [-0.25, -0.2) is 0 Å². The van der Waals surface area contributed by atoms with Gasteiger partial charge in [0.2, 0.25) is 0 Å². The smallest absolute Gasteiger partial charge is 0.0623 e. The predicted octanol–water partition coefficient (Wildman–Crippen LogP) is 2.17. The highest BCUT2D eigenvalue weighted by Gasteiger charge is 2.34. The third-order valence-electron chi connectivity index (χ3n) is 4.32. The minimum absolute atomic E-state index is 0.438. The Balaban J connectivity index is 1.76. The van der Waals surface area contributed by atoms with E-state index in [1.807, 2.05) is 0 Å². The number of hydrogen-bond donors (Lipinski definition) is 2. The summed E-state index contributed by atoms with van der Waals surface area (Å²) in [5, 5.41) is 7.42. The van der Waals surface area contributed by atoms with E-state index in [0.29, 0.717) is 17.5 Å². The molecule has 0 bridgehead atoms. The van der Waals surface area contributed by atoms with Crippen LogP contribution in [0.4, 0.5) is 0 Å². The van der Waals surface area contributed by atoms with Gasteiger partial charge in [-0.05, 0) is 37.1 Å². The minimum Gasteiger partial charge on any atom is -0.379 e. The molecular weight excluding hydrogens is 224 g/mol. The van der Waals surface area contributed by atoms with Gasteiger partial charge in [-0.3, -0.25) is 0 Å². The Morgan fingerprint density at radius 1 is 1.28 bits per heavy atom. The molecule has 2 rings (SSSR count). The normalized spacial score (nSPS) is 33.8. The van der Waals surface area contributed by atoms with Crippen molar-refractivity contribution in [3.8, 4) is 0 Å². The van der Waals surface area contributed by atoms with E-state index in [1.165, 1.54) is 25.7 Å². The average molecular weight is 254 g/mol. The van der Waals surface area contributed by atoms with Gasteiger partial charge in [0.25, 0.3) is 0 Å². The van der Waals surface area contributed by atoms with Crippen LogP contribution in [-0.4, -0.2) is 38.4 Å². The summed E-state index contributed by atoms with van der Waals surface area (Å²) in [4.78, 5) is 0. The molecule has 0 aromatic heterocycles. The molecule has 18 heavy (non-hydrogen) atoms. The zero-order chi connectivity index (χ0) is 13.0. The van der Waals surface area contributed by atoms with E-state index in [0.717, 1.165) is 32.2 Å². The molecule has 3 heteroatoms. The van der Waals surface area contributed by atoms with Crippen molar-refractivity contribution in [1.29, 1.82) is 0 Å². The van der Waals surface area contributed by atoms with Crippen LogP contribution >= 0.6 is 0 Å². The first-order valence-corrected chi connectivity index (χ1v) is 7.61. The van der Waals surface area contributed by atoms with Crippen molar-refractivity contribution in [3.63, 3.8) is 0 Å². The van der Waals surface area contributed by atoms with Gasteiger partial charge in [0.15, 0.2) is 0 Å². The second-order valence-corrected chi connectivity index (χ2v) is 7.10. The molecule has 1 aliphatic heterocycles. The van der Waals surface area contributed by atoms with Gasteiger partial charge in [0.1, 0.15) is 0 Å². The van der Waals surface area contributed by atoms with Crippen LogP contribution < -0.4 is 10.6 Å². The van der Waals surface area contributed by atoms with Crippen LogP contribution in [0, 0.1) is 11.3 Å². The molecule has 0 aromatic rings. The molecule has 3 unspecified atom stereocenters. The molecule has 3 nitrogen and oxygen atoms in total. The molecule has 2 aliphatic rings. The van der Waals surface area contributed by atoms with E-state index < -0.39 is 0 Å². The lowest BCUT2D eigenvalue weighted by Crippen LogP contribution is -2.51. The molecule has 1 aliphatic carbocycles. The SMILES string of the molecule is CC(C)(C)CCNC1CCCC1C1COCCN1. The van der Waals surface area contributed by atoms with Crippen LogP contribution in [0.2, 0.25) is 0 Å². The van der Waals surface area contributed by atoms with Crippen LogP contribution in [0.3, 0.4) is 0 Å². The lowest BCUT2D eigenvalue weighted by molar-refractivity contribution is 0.0523. The monoisotopic (exact) mass is 254 g/mol. The maximum Gasteiger partial charge on any atom is 0.0623 e. The van der Waals surface area contributed by atoms with Crippen molar-refractivity contribution in [2.45, 2.75) is 58.5 Å². The van der Waals surface area contributed by atoms with Gasteiger partial charge in [-0.2, -0.15) is 0 Å². The Kier molecular flexibility index (Phi) is 5.05. The van der Waals surface area contributed by atoms with Crippen molar-refractivity contribution in [2.75, 3.05) is 26.3 Å². The van der Waals surface area contributed by atoms with Gasteiger partial charge in [-0.15, -0.1) is 0 Å². The molecule has 106 valence electrons. The number of ether oxygens (including phenoxy) is 1. The molecule has 0 aromatic carbocycles. The largest absolute Gasteiger partial charge is 0.379 e. The maximum atomic E-state index is 5.61. The fourth-order valence-electron chi connectivity index (χ4n) is 3.22. The highest BCUT2D eigenvalue weighted by molar-refractivity contribution is 4.92. The zero-order valence-corrected chi connectivity index (χ0v) is 12.3. The van der Waals surface area contributed by atoms with Crippen molar-refractivity contribution in [3.05, 3.63) is 0 Å². The third kappa shape index (κ3) is 4.22. The van der Waals surface area contributed by atoms with Gasteiger partial charge in [0.05, 0.1) is 13.2 Å². The molecule has 1 saturated heterocycles. The fraction of sp³-hybridized carbons (Fsp3) is 1.00. The summed E-state index contributed by atoms with van der Waals surface area (Å²) in [5.41, 5.74) is 0.438. The van der Waals surface area contributed by atoms with Gasteiger partial charge in [-0.1, -0.05) is 27.2 Å². The van der Waals surface area contributed by atoms with E-state index in [9.17, 15) is 0 Å². The second kappa shape index (κ2) is 6.36. The summed E-state index contributed by atoms with van der Waals surface area (Å²) in [5.74, 6) is 0.769. The van der Waals surface area contributed by atoms with E-state index >= 15 is 0 Å². The first-order valence-electron chi connectivity index (χ1n) is 7.61. The maximum absolute atomic E-state index is 5.61. The number of rotatable bonds is 4. The average Bonchev–Trinajstić information content (AvgIpc) is 2.77. The zero-order valence-electron chi connectivity index (χ0n) is 12.3. The minimum atomic E-state index is 0.438. The van der Waals surface area contributed by atoms with E-state index in [2.05, 4.69) is 31.4 Å². The van der Waals surface area contributed by atoms with Gasteiger partial charge in [0, 0.05) is 18.6 Å². The van der Waals surface area contributed by atoms with Crippen LogP contribution in [0.5, 0.6) is 0 Å². The molecule has 3 atom stereocenters. The third-order valence-corrected chi connectivity index (χ3v) is 4.32. The summed E-state index contributed by atoms with van der Waals surface area (Å²) >= 11 is 0. The molecule has 1 saturated carbocycles. The van der Waals surface area contributed by atoms with Crippen LogP contribution in [0.15, 0.2) is 0 Å². The summed E-state index contributed by atoms with van der Waals surface area (Å²) in [7, 11) is 0. The molecule has 0 amide bonds. The van der Waals surface area contributed by atoms with Crippen LogP contribution in [-0.2, 0) is 4.74 Å². The topological polar surface area (TPSA) is 33.3 Å². The fourth-order valence-corrected chi connectivity index (χ4v) is 3.22. The van der Waals surface area contributed by atoms with Crippen molar-refractivity contribution < 1.29 is 4.74 Å². The molecule has 0 spiro atoms. The first kappa shape index (κ1) is 14.3. The Morgan fingerprint density at radius 3 is 2.78 bits per heavy atom. The van der Waals surface area contributed by atoms with Crippen LogP contribution in [0.25, 0.3) is 0 Å². The van der Waals surface area contributed by atoms with E-state index in [-0.39, 0.29) is 0 Å². The molecule has 0 radical (unpaired) electrons. The number of hydrogen-bond acceptors (Lipinski definition) is 3. The standard InChI is InChI=1S/C15H30N2O/c1-15(2,3)7-8-16-13-6-4-5-12(13)14-11-18-10-9-17-14/h12-14,16-17H,4-11H2,1-3H3. The second-order valence-electron chi connectivity index (χ2n) is 7.10. The quantitative estimate of drug-likeness (QED) is 0.806. The predicted molar refractivity (Wildman–Crippen MR) is 75.8 cm³/mol. The van der Waals surface area contributed by atoms with Crippen molar-refractivity contribution >= 4 is 0 Å². The molecular formula is C15H30N2O. The Bertz CT molecular complexity index is 243. The number of nitrogens with one attached hydrogen (secondary N) is 2.